The first-order valence-corrected chi connectivity index (χ1v) is 4.64. The lowest BCUT2D eigenvalue weighted by Crippen LogP contribution is -2.30. The average Bonchev–Trinajstić information content (AvgIpc) is 2.20. The van der Waals surface area contributed by atoms with E-state index in [-0.39, 0.29) is 0 Å². The fraction of sp³-hybridized carbons (Fsp3) is 0.333. The summed E-state index contributed by atoms with van der Waals surface area (Å²) in [6, 6.07) is 7.33. The minimum atomic E-state index is -0.902. The molecule has 0 bridgehead atoms. The summed E-state index contributed by atoms with van der Waals surface area (Å²) in [5.41, 5.74) is 0.536. The Morgan fingerprint density at radius 3 is 2.67 bits per heavy atom. The molecule has 0 N–H and O–H groups in total. The lowest BCUT2D eigenvalue weighted by atomic mass is 10.1. The molecule has 0 aromatic heterocycles. The highest BCUT2D eigenvalue weighted by Crippen LogP contribution is 2.22. The SMILES string of the molecule is Cc1ccc(OC(C)(C)C=O)c(C#N)c1. The highest BCUT2D eigenvalue weighted by Gasteiger charge is 2.19. The molecule has 1 aromatic rings. The topological polar surface area (TPSA) is 50.1 Å². The number of nitrogens with zero attached hydrogens (tertiary/aromatic N) is 1. The van der Waals surface area contributed by atoms with Gasteiger partial charge in [0, 0.05) is 0 Å². The van der Waals surface area contributed by atoms with Crippen molar-refractivity contribution in [3.05, 3.63) is 29.3 Å². The summed E-state index contributed by atoms with van der Waals surface area (Å²) < 4.78 is 5.44. The van der Waals surface area contributed by atoms with Crippen LogP contribution in [0, 0.1) is 18.3 Å². The van der Waals surface area contributed by atoms with Gasteiger partial charge in [0.05, 0.1) is 5.56 Å². The van der Waals surface area contributed by atoms with E-state index in [0.29, 0.717) is 17.6 Å². The van der Waals surface area contributed by atoms with Crippen molar-refractivity contribution in [1.29, 1.82) is 5.26 Å². The molecule has 0 amide bonds. The van der Waals surface area contributed by atoms with Gasteiger partial charge < -0.3 is 4.74 Å². The van der Waals surface area contributed by atoms with E-state index >= 15 is 0 Å². The molecule has 0 unspecified atom stereocenters. The number of rotatable bonds is 3. The van der Waals surface area contributed by atoms with Crippen LogP contribution in [0.15, 0.2) is 18.2 Å². The van der Waals surface area contributed by atoms with Gasteiger partial charge in [-0.25, -0.2) is 0 Å². The van der Waals surface area contributed by atoms with E-state index in [0.717, 1.165) is 5.56 Å². The third kappa shape index (κ3) is 2.81. The van der Waals surface area contributed by atoms with Crippen LogP contribution in [0.5, 0.6) is 5.75 Å². The van der Waals surface area contributed by atoms with Crippen molar-refractivity contribution in [3.63, 3.8) is 0 Å². The van der Waals surface area contributed by atoms with E-state index in [4.69, 9.17) is 10.00 Å². The molecule has 0 radical (unpaired) electrons. The van der Waals surface area contributed by atoms with Crippen LogP contribution in [0.3, 0.4) is 0 Å². The van der Waals surface area contributed by atoms with Gasteiger partial charge in [-0.15, -0.1) is 0 Å². The Morgan fingerprint density at radius 2 is 2.13 bits per heavy atom. The molecule has 0 aliphatic carbocycles. The molecule has 0 saturated carbocycles. The number of hydrogen-bond donors (Lipinski definition) is 0. The van der Waals surface area contributed by atoms with Crippen LogP contribution in [0.4, 0.5) is 0 Å². The molecule has 15 heavy (non-hydrogen) atoms. The van der Waals surface area contributed by atoms with E-state index in [1.807, 2.05) is 19.1 Å². The first kappa shape index (κ1) is 11.3. The molecule has 0 atom stereocenters. The predicted molar refractivity (Wildman–Crippen MR) is 56.7 cm³/mol. The van der Waals surface area contributed by atoms with Gasteiger partial charge in [0.1, 0.15) is 11.8 Å². The summed E-state index contributed by atoms with van der Waals surface area (Å²) in [4.78, 5) is 10.7. The van der Waals surface area contributed by atoms with Crippen LogP contribution in [0.2, 0.25) is 0 Å². The van der Waals surface area contributed by atoms with Crippen molar-refractivity contribution in [3.8, 4) is 11.8 Å². The molecule has 3 heteroatoms. The summed E-state index contributed by atoms with van der Waals surface area (Å²) in [7, 11) is 0. The van der Waals surface area contributed by atoms with Gasteiger partial charge in [-0.05, 0) is 38.5 Å². The maximum atomic E-state index is 10.7. The second kappa shape index (κ2) is 4.14. The van der Waals surface area contributed by atoms with Crippen molar-refractivity contribution in [2.45, 2.75) is 26.4 Å². The highest BCUT2D eigenvalue weighted by molar-refractivity contribution is 5.62. The zero-order valence-corrected chi connectivity index (χ0v) is 9.07. The van der Waals surface area contributed by atoms with Gasteiger partial charge in [-0.3, -0.25) is 4.79 Å². The third-order valence-electron chi connectivity index (χ3n) is 1.91. The van der Waals surface area contributed by atoms with Gasteiger partial charge in [-0.2, -0.15) is 5.26 Å². The molecular weight excluding hydrogens is 190 g/mol. The number of benzene rings is 1. The largest absolute Gasteiger partial charge is 0.479 e. The summed E-state index contributed by atoms with van der Waals surface area (Å²) in [6.45, 7) is 5.21. The summed E-state index contributed by atoms with van der Waals surface area (Å²) in [5, 5.41) is 8.89. The lowest BCUT2D eigenvalue weighted by Gasteiger charge is -2.20. The van der Waals surface area contributed by atoms with Crippen LogP contribution < -0.4 is 4.74 Å². The van der Waals surface area contributed by atoms with Crippen LogP contribution in [0.25, 0.3) is 0 Å². The summed E-state index contributed by atoms with van der Waals surface area (Å²) in [6.07, 6.45) is 0.716. The highest BCUT2D eigenvalue weighted by atomic mass is 16.5. The fourth-order valence-corrected chi connectivity index (χ4v) is 1.13. The Balaban J connectivity index is 3.06. The molecule has 0 aliphatic rings. The molecule has 1 aromatic carbocycles. The van der Waals surface area contributed by atoms with Gasteiger partial charge in [0.25, 0.3) is 0 Å². The molecule has 0 heterocycles. The van der Waals surface area contributed by atoms with E-state index in [1.165, 1.54) is 0 Å². The third-order valence-corrected chi connectivity index (χ3v) is 1.91. The molecule has 0 fully saturated rings. The van der Waals surface area contributed by atoms with Crippen molar-refractivity contribution in [2.24, 2.45) is 0 Å². The van der Waals surface area contributed by atoms with Gasteiger partial charge in [-0.1, -0.05) is 6.07 Å². The second-order valence-corrected chi connectivity index (χ2v) is 3.93. The molecule has 0 spiro atoms. The number of hydrogen-bond acceptors (Lipinski definition) is 3. The number of carbonyl (C=O) groups is 1. The number of aryl methyl sites for hydroxylation is 1. The number of carbonyl (C=O) groups excluding carboxylic acids is 1. The number of aldehydes is 1. The number of nitriles is 1. The zero-order chi connectivity index (χ0) is 11.5. The summed E-state index contributed by atoms with van der Waals surface area (Å²) in [5.74, 6) is 0.445. The Hall–Kier alpha value is -1.82. The lowest BCUT2D eigenvalue weighted by molar-refractivity contribution is -0.119. The smallest absolute Gasteiger partial charge is 0.162 e. The first-order chi connectivity index (χ1) is 6.98. The van der Waals surface area contributed by atoms with Crippen molar-refractivity contribution in [2.75, 3.05) is 0 Å². The fourth-order valence-electron chi connectivity index (χ4n) is 1.13. The Morgan fingerprint density at radius 1 is 1.47 bits per heavy atom. The van der Waals surface area contributed by atoms with Crippen molar-refractivity contribution < 1.29 is 9.53 Å². The Kier molecular flexibility index (Phi) is 3.11. The first-order valence-electron chi connectivity index (χ1n) is 4.64. The minimum absolute atomic E-state index is 0.445. The standard InChI is InChI=1S/C12H13NO2/c1-9-4-5-11(10(6-9)7-13)15-12(2,3)8-14/h4-6,8H,1-3H3. The maximum Gasteiger partial charge on any atom is 0.162 e. The van der Waals surface area contributed by atoms with Crippen LogP contribution in [0.1, 0.15) is 25.0 Å². The molecule has 3 nitrogen and oxygen atoms in total. The normalized spacial score (nSPS) is 10.5. The van der Waals surface area contributed by atoms with Gasteiger partial charge in [0.15, 0.2) is 11.9 Å². The molecule has 1 rings (SSSR count). The van der Waals surface area contributed by atoms with E-state index in [2.05, 4.69) is 0 Å². The molecule has 0 saturated heterocycles. The van der Waals surface area contributed by atoms with Crippen LogP contribution in [-0.2, 0) is 4.79 Å². The molecule has 78 valence electrons. The monoisotopic (exact) mass is 203 g/mol. The Labute approximate surface area is 89.3 Å². The van der Waals surface area contributed by atoms with Crippen LogP contribution >= 0.6 is 0 Å². The van der Waals surface area contributed by atoms with Crippen molar-refractivity contribution >= 4 is 6.29 Å². The Bertz CT molecular complexity index is 416. The van der Waals surface area contributed by atoms with E-state index in [1.54, 1.807) is 26.0 Å². The molecular formula is C12H13NO2. The van der Waals surface area contributed by atoms with Gasteiger partial charge in [0.2, 0.25) is 0 Å². The van der Waals surface area contributed by atoms with E-state index in [9.17, 15) is 4.79 Å². The van der Waals surface area contributed by atoms with Gasteiger partial charge >= 0.3 is 0 Å². The summed E-state index contributed by atoms with van der Waals surface area (Å²) >= 11 is 0. The minimum Gasteiger partial charge on any atom is -0.479 e. The maximum absolute atomic E-state index is 10.7. The zero-order valence-electron chi connectivity index (χ0n) is 9.07. The quantitative estimate of drug-likeness (QED) is 0.708. The number of ether oxygens (including phenoxy) is 1. The van der Waals surface area contributed by atoms with E-state index < -0.39 is 5.60 Å². The van der Waals surface area contributed by atoms with Crippen molar-refractivity contribution in [1.82, 2.24) is 0 Å². The second-order valence-electron chi connectivity index (χ2n) is 3.93. The predicted octanol–water partition coefficient (Wildman–Crippen LogP) is 2.22. The molecule has 0 aliphatic heterocycles. The average molecular weight is 203 g/mol. The van der Waals surface area contributed by atoms with Crippen LogP contribution in [-0.4, -0.2) is 11.9 Å².